The van der Waals surface area contributed by atoms with Crippen molar-refractivity contribution in [2.75, 3.05) is 0 Å². The third-order valence-electron chi connectivity index (χ3n) is 8.43. The molecule has 0 atom stereocenters. The second-order valence-electron chi connectivity index (χ2n) is 10.8. The van der Waals surface area contributed by atoms with Crippen LogP contribution in [0.5, 0.6) is 0 Å². The van der Waals surface area contributed by atoms with E-state index in [1.54, 1.807) is 0 Å². The van der Waals surface area contributed by atoms with Crippen molar-refractivity contribution >= 4 is 21.8 Å². The van der Waals surface area contributed by atoms with Crippen molar-refractivity contribution in [1.82, 2.24) is 19.3 Å². The van der Waals surface area contributed by atoms with Crippen LogP contribution in [0.1, 0.15) is 54.7 Å². The molecule has 0 N–H and O–H groups in total. The van der Waals surface area contributed by atoms with E-state index in [4.69, 9.17) is 10.1 Å². The molecule has 7 rings (SSSR count). The van der Waals surface area contributed by atoms with Crippen LogP contribution in [-0.2, 0) is 5.41 Å². The number of hydrogen-bond donors (Lipinski definition) is 0. The van der Waals surface area contributed by atoms with Crippen LogP contribution >= 0.6 is 0 Å². The predicted molar refractivity (Wildman–Crippen MR) is 155 cm³/mol. The van der Waals surface area contributed by atoms with Crippen LogP contribution in [0.2, 0.25) is 0 Å². The third-order valence-corrected chi connectivity index (χ3v) is 8.43. The molecule has 6 aromatic rings. The molecule has 3 aromatic carbocycles. The molecule has 3 heterocycles. The van der Waals surface area contributed by atoms with E-state index in [1.807, 2.05) is 23.9 Å². The van der Waals surface area contributed by atoms with Crippen LogP contribution in [0.4, 0.5) is 0 Å². The lowest BCUT2D eigenvalue weighted by molar-refractivity contribution is 0.338. The van der Waals surface area contributed by atoms with Gasteiger partial charge in [-0.05, 0) is 80.8 Å². The molecule has 1 saturated carbocycles. The van der Waals surface area contributed by atoms with E-state index in [2.05, 4.69) is 96.4 Å². The molecule has 1 aliphatic rings. The Morgan fingerprint density at radius 2 is 1.50 bits per heavy atom. The van der Waals surface area contributed by atoms with Crippen LogP contribution < -0.4 is 0 Å². The van der Waals surface area contributed by atoms with Crippen molar-refractivity contribution in [3.05, 3.63) is 120 Å². The molecule has 4 nitrogen and oxygen atoms in total. The zero-order chi connectivity index (χ0) is 25.7. The summed E-state index contributed by atoms with van der Waals surface area (Å²) < 4.78 is 4.48. The maximum Gasteiger partial charge on any atom is 0.0670 e. The van der Waals surface area contributed by atoms with E-state index in [0.717, 1.165) is 29.9 Å². The lowest BCUT2D eigenvalue weighted by atomic mass is 9.67. The third kappa shape index (κ3) is 3.59. The van der Waals surface area contributed by atoms with Gasteiger partial charge in [-0.15, -0.1) is 0 Å². The summed E-state index contributed by atoms with van der Waals surface area (Å²) in [5.74, 6) is 0. The quantitative estimate of drug-likeness (QED) is 0.246. The number of pyridine rings is 1. The van der Waals surface area contributed by atoms with Gasteiger partial charge in [0.05, 0.1) is 28.1 Å². The van der Waals surface area contributed by atoms with Crippen molar-refractivity contribution in [3.63, 3.8) is 0 Å². The summed E-state index contributed by atoms with van der Waals surface area (Å²) in [6.45, 7) is 4.16. The van der Waals surface area contributed by atoms with Crippen LogP contribution in [-0.4, -0.2) is 19.3 Å². The Hall–Kier alpha value is -4.18. The second-order valence-corrected chi connectivity index (χ2v) is 10.8. The first kappa shape index (κ1) is 23.0. The monoisotopic (exact) mass is 496 g/mol. The Balaban J connectivity index is 1.46. The molecular weight excluding hydrogens is 464 g/mol. The molecule has 1 fully saturated rings. The first-order valence-electron chi connectivity index (χ1n) is 13.7. The zero-order valence-corrected chi connectivity index (χ0v) is 22.1. The fourth-order valence-electron chi connectivity index (χ4n) is 6.70. The highest BCUT2D eigenvalue weighted by Gasteiger charge is 2.37. The average molecular weight is 497 g/mol. The van der Waals surface area contributed by atoms with Gasteiger partial charge in [0.2, 0.25) is 0 Å². The Bertz CT molecular complexity index is 1770. The summed E-state index contributed by atoms with van der Waals surface area (Å²) in [5, 5.41) is 7.29. The summed E-state index contributed by atoms with van der Waals surface area (Å²) in [6, 6.07) is 33.2. The van der Waals surface area contributed by atoms with Crippen LogP contribution in [0.15, 0.2) is 97.2 Å². The van der Waals surface area contributed by atoms with Gasteiger partial charge in [-0.1, -0.05) is 61.7 Å². The number of aryl methyl sites for hydroxylation is 2. The Morgan fingerprint density at radius 3 is 2.29 bits per heavy atom. The van der Waals surface area contributed by atoms with E-state index in [1.165, 1.54) is 58.0 Å². The van der Waals surface area contributed by atoms with Gasteiger partial charge >= 0.3 is 0 Å². The highest BCUT2D eigenvalue weighted by molar-refractivity contribution is 6.09. The van der Waals surface area contributed by atoms with E-state index >= 15 is 0 Å². The summed E-state index contributed by atoms with van der Waals surface area (Å²) >= 11 is 0. The number of hydrogen-bond acceptors (Lipinski definition) is 2. The van der Waals surface area contributed by atoms with Gasteiger partial charge in [0, 0.05) is 33.8 Å². The molecule has 1 aliphatic carbocycles. The van der Waals surface area contributed by atoms with Crippen molar-refractivity contribution < 1.29 is 0 Å². The minimum atomic E-state index is -0.0386. The first-order valence-corrected chi connectivity index (χ1v) is 13.7. The first-order chi connectivity index (χ1) is 18.6. The molecule has 38 heavy (non-hydrogen) atoms. The van der Waals surface area contributed by atoms with E-state index in [-0.39, 0.29) is 5.41 Å². The zero-order valence-electron chi connectivity index (χ0n) is 22.1. The van der Waals surface area contributed by atoms with Gasteiger partial charge in [-0.25, -0.2) is 4.68 Å². The predicted octanol–water partition coefficient (Wildman–Crippen LogP) is 8.23. The Labute approximate surface area is 223 Å². The number of benzene rings is 3. The molecule has 0 unspecified atom stereocenters. The smallest absolute Gasteiger partial charge is 0.0670 e. The molecule has 0 spiro atoms. The van der Waals surface area contributed by atoms with Gasteiger partial charge in [-0.3, -0.25) is 4.98 Å². The largest absolute Gasteiger partial charge is 0.309 e. The summed E-state index contributed by atoms with van der Waals surface area (Å²) in [5.41, 5.74) is 9.40. The molecular formula is C34H32N4. The van der Waals surface area contributed by atoms with Crippen LogP contribution in [0.3, 0.4) is 0 Å². The minimum absolute atomic E-state index is 0.0386. The molecule has 0 saturated heterocycles. The lowest BCUT2D eigenvalue weighted by Crippen LogP contribution is -2.31. The van der Waals surface area contributed by atoms with Crippen LogP contribution in [0.25, 0.3) is 33.2 Å². The number of rotatable bonds is 4. The summed E-state index contributed by atoms with van der Waals surface area (Å²) in [4.78, 5) is 4.88. The van der Waals surface area contributed by atoms with Gasteiger partial charge in [0.1, 0.15) is 0 Å². The SMILES string of the molecule is Cc1cc(C)n(-c2ccc3c4ccccc4n(-c4cccc(C5(c6ccccn6)CCCCC5)c4)c3c2)n1. The molecule has 0 amide bonds. The number of nitrogens with zero attached hydrogens (tertiary/aromatic N) is 4. The summed E-state index contributed by atoms with van der Waals surface area (Å²) in [7, 11) is 0. The van der Waals surface area contributed by atoms with Gasteiger partial charge in [0.15, 0.2) is 0 Å². The Morgan fingerprint density at radius 1 is 0.684 bits per heavy atom. The normalized spacial score (nSPS) is 15.3. The molecule has 0 radical (unpaired) electrons. The van der Waals surface area contributed by atoms with E-state index < -0.39 is 0 Å². The molecule has 188 valence electrons. The number of aromatic nitrogens is 4. The highest BCUT2D eigenvalue weighted by Crippen LogP contribution is 2.45. The van der Waals surface area contributed by atoms with Gasteiger partial charge in [-0.2, -0.15) is 5.10 Å². The van der Waals surface area contributed by atoms with Crippen molar-refractivity contribution in [2.24, 2.45) is 0 Å². The van der Waals surface area contributed by atoms with E-state index in [0.29, 0.717) is 0 Å². The molecule has 3 aromatic heterocycles. The van der Waals surface area contributed by atoms with E-state index in [9.17, 15) is 0 Å². The highest BCUT2D eigenvalue weighted by atomic mass is 15.3. The number of para-hydroxylation sites is 1. The van der Waals surface area contributed by atoms with Crippen molar-refractivity contribution in [3.8, 4) is 11.4 Å². The Kier molecular flexibility index (Phi) is 5.43. The molecule has 0 bridgehead atoms. The second kappa shape index (κ2) is 8.98. The molecule has 4 heteroatoms. The fraction of sp³-hybridized carbons (Fsp3) is 0.235. The maximum absolute atomic E-state index is 4.88. The average Bonchev–Trinajstić information content (AvgIpc) is 3.49. The summed E-state index contributed by atoms with van der Waals surface area (Å²) in [6.07, 6.45) is 8.01. The minimum Gasteiger partial charge on any atom is -0.309 e. The van der Waals surface area contributed by atoms with Gasteiger partial charge < -0.3 is 4.57 Å². The van der Waals surface area contributed by atoms with Gasteiger partial charge in [0.25, 0.3) is 0 Å². The van der Waals surface area contributed by atoms with Crippen molar-refractivity contribution in [1.29, 1.82) is 0 Å². The standard InChI is InChI=1S/C34H32N4/c1-24-21-25(2)38(36-24)28-16-17-30-29-13-4-5-14-31(29)37(32(30)23-28)27-12-10-11-26(22-27)34(18-7-3-8-19-34)33-15-6-9-20-35-33/h4-6,9-17,20-23H,3,7-8,18-19H2,1-2H3. The maximum atomic E-state index is 4.88. The topological polar surface area (TPSA) is 35.6 Å². The molecule has 0 aliphatic heterocycles. The number of fused-ring (bicyclic) bond motifs is 3. The van der Waals surface area contributed by atoms with Crippen LogP contribution in [0, 0.1) is 13.8 Å². The fourth-order valence-corrected chi connectivity index (χ4v) is 6.70. The lowest BCUT2D eigenvalue weighted by Gasteiger charge is -2.37. The van der Waals surface area contributed by atoms with Crippen molar-refractivity contribution in [2.45, 2.75) is 51.4 Å².